The molecule has 0 aliphatic rings. The number of thioether (sulfide) groups is 1. The topological polar surface area (TPSA) is 59.1 Å². The molecule has 2 aromatic carbocycles. The zero-order valence-electron chi connectivity index (χ0n) is 10.7. The number of para-hydroxylation sites is 1. The van der Waals surface area contributed by atoms with E-state index in [2.05, 4.69) is 11.1 Å². The molecule has 3 nitrogen and oxygen atoms in total. The Morgan fingerprint density at radius 3 is 2.65 bits per heavy atom. The fourth-order valence-electron chi connectivity index (χ4n) is 1.88. The average molecular weight is 302 g/mol. The molecule has 0 aliphatic carbocycles. The summed E-state index contributed by atoms with van der Waals surface area (Å²) in [6.07, 6.45) is -0.507. The van der Waals surface area contributed by atoms with Crippen molar-refractivity contribution < 1.29 is 5.11 Å². The smallest absolute Gasteiger partial charge is 0.151 e. The molecule has 0 aliphatic heterocycles. The van der Waals surface area contributed by atoms with Crippen molar-refractivity contribution in [2.45, 2.75) is 10.4 Å². The second kappa shape index (κ2) is 5.83. The molecule has 20 heavy (non-hydrogen) atoms. The number of rotatable bonds is 4. The largest absolute Gasteiger partial charge is 0.399 e. The van der Waals surface area contributed by atoms with Crippen LogP contribution in [-0.4, -0.2) is 15.8 Å². The van der Waals surface area contributed by atoms with Crippen molar-refractivity contribution in [1.82, 2.24) is 4.98 Å². The number of anilines is 1. The van der Waals surface area contributed by atoms with Crippen molar-refractivity contribution in [3.05, 3.63) is 54.1 Å². The van der Waals surface area contributed by atoms with Gasteiger partial charge >= 0.3 is 0 Å². The van der Waals surface area contributed by atoms with Crippen molar-refractivity contribution in [2.24, 2.45) is 0 Å². The van der Waals surface area contributed by atoms with Gasteiger partial charge in [-0.25, -0.2) is 4.98 Å². The van der Waals surface area contributed by atoms with Gasteiger partial charge in [0.05, 0.1) is 16.3 Å². The molecule has 3 N–H and O–H groups in total. The van der Waals surface area contributed by atoms with Crippen LogP contribution in [0.5, 0.6) is 0 Å². The van der Waals surface area contributed by atoms with E-state index in [-0.39, 0.29) is 0 Å². The fourth-order valence-corrected chi connectivity index (χ4v) is 3.94. The summed E-state index contributed by atoms with van der Waals surface area (Å²) in [5.74, 6) is 0.587. The highest BCUT2D eigenvalue weighted by atomic mass is 32.2. The summed E-state index contributed by atoms with van der Waals surface area (Å²) in [5.41, 5.74) is 8.25. The Labute approximate surface area is 125 Å². The van der Waals surface area contributed by atoms with E-state index in [0.29, 0.717) is 11.4 Å². The van der Waals surface area contributed by atoms with Crippen LogP contribution < -0.4 is 5.73 Å². The Morgan fingerprint density at radius 2 is 1.90 bits per heavy atom. The van der Waals surface area contributed by atoms with E-state index < -0.39 is 6.10 Å². The molecule has 0 saturated heterocycles. The quantitative estimate of drug-likeness (QED) is 0.570. The molecule has 0 amide bonds. The standard InChI is InChI=1S/C15H14N2OS2/c16-11-7-5-10(6-8-11)13(18)9-19-15-17-12-3-1-2-4-14(12)20-15/h1-8,13,18H,9,16H2. The molecule has 102 valence electrons. The summed E-state index contributed by atoms with van der Waals surface area (Å²) in [6.45, 7) is 0. The number of hydrogen-bond donors (Lipinski definition) is 2. The average Bonchev–Trinajstić information content (AvgIpc) is 2.88. The highest BCUT2D eigenvalue weighted by Gasteiger charge is 2.10. The normalized spacial score (nSPS) is 12.7. The molecular formula is C15H14N2OS2. The van der Waals surface area contributed by atoms with E-state index in [1.165, 1.54) is 4.70 Å². The number of aliphatic hydroxyl groups is 1. The molecule has 1 aromatic heterocycles. The van der Waals surface area contributed by atoms with E-state index in [1.807, 2.05) is 30.3 Å². The summed E-state index contributed by atoms with van der Waals surface area (Å²) in [4.78, 5) is 4.54. The summed E-state index contributed by atoms with van der Waals surface area (Å²) in [5, 5.41) is 10.2. The Morgan fingerprint density at radius 1 is 1.15 bits per heavy atom. The van der Waals surface area contributed by atoms with Gasteiger partial charge < -0.3 is 10.8 Å². The molecule has 3 aromatic rings. The Balaban J connectivity index is 1.68. The number of aliphatic hydroxyl groups excluding tert-OH is 1. The monoisotopic (exact) mass is 302 g/mol. The van der Waals surface area contributed by atoms with Crippen LogP contribution in [0.3, 0.4) is 0 Å². The van der Waals surface area contributed by atoms with Crippen LogP contribution in [0.15, 0.2) is 52.9 Å². The minimum Gasteiger partial charge on any atom is -0.399 e. The molecule has 0 radical (unpaired) electrons. The summed E-state index contributed by atoms with van der Waals surface area (Å²) >= 11 is 3.24. The van der Waals surface area contributed by atoms with Crippen molar-refractivity contribution in [3.8, 4) is 0 Å². The number of hydrogen-bond acceptors (Lipinski definition) is 5. The number of nitrogens with two attached hydrogens (primary N) is 1. The lowest BCUT2D eigenvalue weighted by molar-refractivity contribution is 0.204. The number of nitrogens with zero attached hydrogens (tertiary/aromatic N) is 1. The zero-order valence-corrected chi connectivity index (χ0v) is 12.3. The minimum atomic E-state index is -0.507. The Bertz CT molecular complexity index is 676. The fraction of sp³-hybridized carbons (Fsp3) is 0.133. The number of benzene rings is 2. The third kappa shape index (κ3) is 2.95. The maximum Gasteiger partial charge on any atom is 0.151 e. The predicted molar refractivity (Wildman–Crippen MR) is 86.2 cm³/mol. The number of nitrogen functional groups attached to an aromatic ring is 1. The second-order valence-corrected chi connectivity index (χ2v) is 6.74. The van der Waals surface area contributed by atoms with Gasteiger partial charge in [0.25, 0.3) is 0 Å². The molecule has 1 heterocycles. The first-order chi connectivity index (χ1) is 9.72. The second-order valence-electron chi connectivity index (χ2n) is 4.44. The van der Waals surface area contributed by atoms with Gasteiger partial charge in [-0.1, -0.05) is 36.0 Å². The first kappa shape index (κ1) is 13.4. The minimum absolute atomic E-state index is 0.507. The van der Waals surface area contributed by atoms with Crippen LogP contribution in [0.2, 0.25) is 0 Å². The first-order valence-corrected chi connectivity index (χ1v) is 8.04. The molecule has 3 rings (SSSR count). The van der Waals surface area contributed by atoms with Gasteiger partial charge in [0.2, 0.25) is 0 Å². The number of aromatic nitrogens is 1. The van der Waals surface area contributed by atoms with Crippen molar-refractivity contribution in [2.75, 3.05) is 11.5 Å². The molecule has 1 unspecified atom stereocenters. The van der Waals surface area contributed by atoms with Crippen LogP contribution in [0.1, 0.15) is 11.7 Å². The zero-order chi connectivity index (χ0) is 13.9. The van der Waals surface area contributed by atoms with Crippen LogP contribution >= 0.6 is 23.1 Å². The summed E-state index contributed by atoms with van der Waals surface area (Å²) in [6, 6.07) is 15.4. The third-order valence-electron chi connectivity index (χ3n) is 2.96. The number of thiazole rings is 1. The maximum absolute atomic E-state index is 10.2. The molecule has 0 saturated carbocycles. The lowest BCUT2D eigenvalue weighted by Gasteiger charge is -2.09. The number of fused-ring (bicyclic) bond motifs is 1. The van der Waals surface area contributed by atoms with E-state index in [0.717, 1.165) is 15.4 Å². The molecule has 0 bridgehead atoms. The third-order valence-corrected chi connectivity index (χ3v) is 5.22. The van der Waals surface area contributed by atoms with Gasteiger partial charge in [0.15, 0.2) is 4.34 Å². The predicted octanol–water partition coefficient (Wildman–Crippen LogP) is 3.70. The van der Waals surface area contributed by atoms with Gasteiger partial charge in [-0.15, -0.1) is 11.3 Å². The van der Waals surface area contributed by atoms with Crippen LogP contribution in [0.4, 0.5) is 5.69 Å². The van der Waals surface area contributed by atoms with Crippen LogP contribution in [-0.2, 0) is 0 Å². The van der Waals surface area contributed by atoms with Crippen molar-refractivity contribution >= 4 is 39.0 Å². The SMILES string of the molecule is Nc1ccc(C(O)CSc2nc3ccccc3s2)cc1. The van der Waals surface area contributed by atoms with Crippen LogP contribution in [0, 0.1) is 0 Å². The highest BCUT2D eigenvalue weighted by molar-refractivity contribution is 8.01. The Hall–Kier alpha value is -1.56. The van der Waals surface area contributed by atoms with Gasteiger partial charge in [-0.3, -0.25) is 0 Å². The molecule has 0 fully saturated rings. The molecule has 5 heteroatoms. The van der Waals surface area contributed by atoms with E-state index in [4.69, 9.17) is 5.73 Å². The van der Waals surface area contributed by atoms with Crippen LogP contribution in [0.25, 0.3) is 10.2 Å². The van der Waals surface area contributed by atoms with Gasteiger partial charge in [0, 0.05) is 11.4 Å². The van der Waals surface area contributed by atoms with E-state index >= 15 is 0 Å². The maximum atomic E-state index is 10.2. The van der Waals surface area contributed by atoms with Gasteiger partial charge in [-0.2, -0.15) is 0 Å². The summed E-state index contributed by atoms with van der Waals surface area (Å²) in [7, 11) is 0. The van der Waals surface area contributed by atoms with Gasteiger partial charge in [-0.05, 0) is 29.8 Å². The summed E-state index contributed by atoms with van der Waals surface area (Å²) < 4.78 is 2.16. The molecular weight excluding hydrogens is 288 g/mol. The van der Waals surface area contributed by atoms with Crippen molar-refractivity contribution in [3.63, 3.8) is 0 Å². The highest BCUT2D eigenvalue weighted by Crippen LogP contribution is 2.31. The molecule has 0 spiro atoms. The van der Waals surface area contributed by atoms with Crippen molar-refractivity contribution in [1.29, 1.82) is 0 Å². The Kier molecular flexibility index (Phi) is 3.91. The van der Waals surface area contributed by atoms with Gasteiger partial charge in [0.1, 0.15) is 0 Å². The first-order valence-electron chi connectivity index (χ1n) is 6.24. The molecule has 1 atom stereocenters. The van der Waals surface area contributed by atoms with E-state index in [9.17, 15) is 5.11 Å². The van der Waals surface area contributed by atoms with E-state index in [1.54, 1.807) is 35.2 Å². The lowest BCUT2D eigenvalue weighted by Crippen LogP contribution is -2.00. The lowest BCUT2D eigenvalue weighted by atomic mass is 10.1.